The molecule has 0 saturated heterocycles. The molecule has 0 aromatic rings. The minimum absolute atomic E-state index is 0.0155. The molecule has 0 aromatic carbocycles. The summed E-state index contributed by atoms with van der Waals surface area (Å²) >= 11 is 4.85. The van der Waals surface area contributed by atoms with E-state index in [1.54, 1.807) is 4.90 Å². The van der Waals surface area contributed by atoms with Gasteiger partial charge in [0, 0.05) is 12.0 Å². The lowest BCUT2D eigenvalue weighted by Gasteiger charge is -2.30. The van der Waals surface area contributed by atoms with Gasteiger partial charge >= 0.3 is 0 Å². The van der Waals surface area contributed by atoms with E-state index in [0.717, 1.165) is 0 Å². The standard InChI is InChI=1S/C11H22N2OS/c1-7(2)9(5)11(14)13(8(3)4)6-10(12)15/h7-9H,6H2,1-5H3,(H2,12,15). The quantitative estimate of drug-likeness (QED) is 0.733. The van der Waals surface area contributed by atoms with Crippen LogP contribution in [-0.2, 0) is 4.79 Å². The van der Waals surface area contributed by atoms with E-state index in [-0.39, 0.29) is 17.9 Å². The molecule has 0 radical (unpaired) electrons. The Morgan fingerprint density at radius 3 is 2.00 bits per heavy atom. The van der Waals surface area contributed by atoms with Crippen molar-refractivity contribution in [2.45, 2.75) is 40.7 Å². The van der Waals surface area contributed by atoms with E-state index in [1.165, 1.54) is 0 Å². The highest BCUT2D eigenvalue weighted by Crippen LogP contribution is 2.15. The third-order valence-corrected chi connectivity index (χ3v) is 2.75. The highest BCUT2D eigenvalue weighted by Gasteiger charge is 2.25. The van der Waals surface area contributed by atoms with Gasteiger partial charge in [-0.1, -0.05) is 33.0 Å². The Kier molecular flexibility index (Phi) is 5.80. The Morgan fingerprint density at radius 2 is 1.73 bits per heavy atom. The first kappa shape index (κ1) is 14.4. The van der Waals surface area contributed by atoms with Crippen LogP contribution in [-0.4, -0.2) is 28.4 Å². The van der Waals surface area contributed by atoms with Gasteiger partial charge in [-0.15, -0.1) is 0 Å². The number of thiocarbonyl (C=S) groups is 1. The van der Waals surface area contributed by atoms with Crippen LogP contribution in [0.4, 0.5) is 0 Å². The summed E-state index contributed by atoms with van der Waals surface area (Å²) < 4.78 is 0. The molecule has 88 valence electrons. The van der Waals surface area contributed by atoms with Crippen LogP contribution < -0.4 is 5.73 Å². The first-order valence-electron chi connectivity index (χ1n) is 5.36. The van der Waals surface area contributed by atoms with Crippen molar-refractivity contribution in [2.24, 2.45) is 17.6 Å². The zero-order valence-electron chi connectivity index (χ0n) is 10.3. The number of nitrogens with zero attached hydrogens (tertiary/aromatic N) is 1. The fraction of sp³-hybridized carbons (Fsp3) is 0.818. The Hall–Kier alpha value is -0.640. The van der Waals surface area contributed by atoms with Crippen molar-refractivity contribution in [3.05, 3.63) is 0 Å². The predicted octanol–water partition coefficient (Wildman–Crippen LogP) is 1.80. The molecule has 0 spiro atoms. The number of hydrogen-bond donors (Lipinski definition) is 1. The van der Waals surface area contributed by atoms with Crippen molar-refractivity contribution in [3.8, 4) is 0 Å². The van der Waals surface area contributed by atoms with E-state index in [1.807, 2.05) is 34.6 Å². The maximum absolute atomic E-state index is 12.1. The second-order valence-corrected chi connectivity index (χ2v) is 5.08. The zero-order valence-corrected chi connectivity index (χ0v) is 11.1. The third kappa shape index (κ3) is 4.60. The van der Waals surface area contributed by atoms with Crippen LogP contribution in [0.25, 0.3) is 0 Å². The van der Waals surface area contributed by atoms with Crippen molar-refractivity contribution in [3.63, 3.8) is 0 Å². The van der Waals surface area contributed by atoms with E-state index in [4.69, 9.17) is 18.0 Å². The normalized spacial score (nSPS) is 13.0. The van der Waals surface area contributed by atoms with Gasteiger partial charge in [-0.2, -0.15) is 0 Å². The van der Waals surface area contributed by atoms with Crippen LogP contribution in [0, 0.1) is 11.8 Å². The van der Waals surface area contributed by atoms with Gasteiger partial charge in [-0.25, -0.2) is 0 Å². The van der Waals surface area contributed by atoms with Gasteiger partial charge in [0.05, 0.1) is 11.5 Å². The summed E-state index contributed by atoms with van der Waals surface area (Å²) in [6.07, 6.45) is 0. The largest absolute Gasteiger partial charge is 0.392 e. The number of nitrogens with two attached hydrogens (primary N) is 1. The second-order valence-electron chi connectivity index (χ2n) is 4.56. The van der Waals surface area contributed by atoms with Crippen LogP contribution in [0.15, 0.2) is 0 Å². The zero-order chi connectivity index (χ0) is 12.2. The molecular formula is C11H22N2OS. The summed E-state index contributed by atoms with van der Waals surface area (Å²) in [5.41, 5.74) is 5.48. The second kappa shape index (κ2) is 6.05. The fourth-order valence-electron chi connectivity index (χ4n) is 1.23. The van der Waals surface area contributed by atoms with Gasteiger partial charge in [0.1, 0.15) is 0 Å². The molecule has 1 atom stereocenters. The third-order valence-electron chi connectivity index (χ3n) is 2.62. The molecule has 0 aromatic heterocycles. The smallest absolute Gasteiger partial charge is 0.226 e. The number of amides is 1. The first-order valence-corrected chi connectivity index (χ1v) is 5.77. The van der Waals surface area contributed by atoms with Crippen molar-refractivity contribution in [1.82, 2.24) is 4.90 Å². The molecule has 0 rings (SSSR count). The summed E-state index contributed by atoms with van der Waals surface area (Å²) in [7, 11) is 0. The highest BCUT2D eigenvalue weighted by molar-refractivity contribution is 7.80. The SMILES string of the molecule is CC(C)C(C)C(=O)N(CC(N)=S)C(C)C. The summed E-state index contributed by atoms with van der Waals surface area (Å²) in [6, 6.07) is 0.139. The molecule has 4 heteroatoms. The molecule has 0 bridgehead atoms. The molecule has 15 heavy (non-hydrogen) atoms. The predicted molar refractivity (Wildman–Crippen MR) is 67.6 cm³/mol. The van der Waals surface area contributed by atoms with E-state index in [9.17, 15) is 4.79 Å². The number of rotatable bonds is 5. The summed E-state index contributed by atoms with van der Waals surface area (Å²) in [5.74, 6) is 0.486. The van der Waals surface area contributed by atoms with Crippen LogP contribution in [0.1, 0.15) is 34.6 Å². The maximum atomic E-state index is 12.1. The molecule has 0 aliphatic carbocycles. The van der Waals surface area contributed by atoms with Gasteiger partial charge in [0.15, 0.2) is 0 Å². The summed E-state index contributed by atoms with van der Waals surface area (Å²) in [5, 5.41) is 0. The molecule has 0 aliphatic rings. The molecule has 3 nitrogen and oxygen atoms in total. The van der Waals surface area contributed by atoms with Crippen LogP contribution in [0.2, 0.25) is 0 Å². The molecular weight excluding hydrogens is 208 g/mol. The Morgan fingerprint density at radius 1 is 1.27 bits per heavy atom. The number of carbonyl (C=O) groups is 1. The molecule has 0 heterocycles. The van der Waals surface area contributed by atoms with Crippen LogP contribution in [0.5, 0.6) is 0 Å². The highest BCUT2D eigenvalue weighted by atomic mass is 32.1. The summed E-state index contributed by atoms with van der Waals surface area (Å²) in [4.78, 5) is 14.2. The first-order chi connectivity index (χ1) is 6.77. The van der Waals surface area contributed by atoms with Gasteiger partial charge in [0.2, 0.25) is 5.91 Å². The number of carbonyl (C=O) groups excluding carboxylic acids is 1. The van der Waals surface area contributed by atoms with Gasteiger partial charge < -0.3 is 10.6 Å². The van der Waals surface area contributed by atoms with Gasteiger partial charge in [-0.05, 0) is 19.8 Å². The topological polar surface area (TPSA) is 46.3 Å². The lowest BCUT2D eigenvalue weighted by atomic mass is 9.96. The lowest BCUT2D eigenvalue weighted by Crippen LogP contribution is -2.45. The van der Waals surface area contributed by atoms with E-state index < -0.39 is 0 Å². The molecule has 1 amide bonds. The van der Waals surface area contributed by atoms with Crippen molar-refractivity contribution in [2.75, 3.05) is 6.54 Å². The molecule has 1 unspecified atom stereocenters. The molecule has 2 N–H and O–H groups in total. The Bertz CT molecular complexity index is 239. The number of hydrogen-bond acceptors (Lipinski definition) is 2. The van der Waals surface area contributed by atoms with Crippen molar-refractivity contribution in [1.29, 1.82) is 0 Å². The Balaban J connectivity index is 4.62. The lowest BCUT2D eigenvalue weighted by molar-refractivity contribution is -0.137. The average Bonchev–Trinajstić information content (AvgIpc) is 2.10. The van der Waals surface area contributed by atoms with Crippen LogP contribution >= 0.6 is 12.2 Å². The van der Waals surface area contributed by atoms with Crippen LogP contribution in [0.3, 0.4) is 0 Å². The van der Waals surface area contributed by atoms with Gasteiger partial charge in [-0.3, -0.25) is 4.79 Å². The molecule has 0 saturated carbocycles. The molecule has 0 fully saturated rings. The minimum atomic E-state index is 0.0155. The monoisotopic (exact) mass is 230 g/mol. The summed E-state index contributed by atoms with van der Waals surface area (Å²) in [6.45, 7) is 10.4. The van der Waals surface area contributed by atoms with E-state index in [2.05, 4.69) is 0 Å². The Labute approximate surface area is 98.0 Å². The van der Waals surface area contributed by atoms with E-state index in [0.29, 0.717) is 17.5 Å². The van der Waals surface area contributed by atoms with Crippen molar-refractivity contribution < 1.29 is 4.79 Å². The van der Waals surface area contributed by atoms with Gasteiger partial charge in [0.25, 0.3) is 0 Å². The fourth-order valence-corrected chi connectivity index (χ4v) is 1.37. The minimum Gasteiger partial charge on any atom is -0.392 e. The van der Waals surface area contributed by atoms with E-state index >= 15 is 0 Å². The maximum Gasteiger partial charge on any atom is 0.226 e. The van der Waals surface area contributed by atoms with Crippen molar-refractivity contribution >= 4 is 23.1 Å². The average molecular weight is 230 g/mol. The molecule has 0 aliphatic heterocycles.